The summed E-state index contributed by atoms with van der Waals surface area (Å²) >= 11 is 7.99. The molecule has 1 N–H and O–H groups in total. The van der Waals surface area contributed by atoms with Gasteiger partial charge in [-0.25, -0.2) is 4.98 Å². The van der Waals surface area contributed by atoms with Crippen LogP contribution in [0.15, 0.2) is 36.4 Å². The predicted octanol–water partition coefficient (Wildman–Crippen LogP) is 3.90. The number of amides is 1. The summed E-state index contributed by atoms with van der Waals surface area (Å²) in [5.74, 6) is -0.223. The van der Waals surface area contributed by atoms with E-state index in [0.717, 1.165) is 15.0 Å². The van der Waals surface area contributed by atoms with E-state index in [1.54, 1.807) is 24.3 Å². The van der Waals surface area contributed by atoms with E-state index in [0.29, 0.717) is 10.7 Å². The summed E-state index contributed by atoms with van der Waals surface area (Å²) < 4.78 is 0.890. The van der Waals surface area contributed by atoms with Crippen molar-refractivity contribution in [3.8, 4) is 0 Å². The highest BCUT2D eigenvalue weighted by Crippen LogP contribution is 2.22. The first kappa shape index (κ1) is 13.3. The first-order chi connectivity index (χ1) is 8.56. The van der Waals surface area contributed by atoms with Crippen LogP contribution in [0.3, 0.4) is 0 Å². The number of pyridine rings is 1. The van der Waals surface area contributed by atoms with Crippen LogP contribution in [0.5, 0.6) is 0 Å². The first-order valence-corrected chi connectivity index (χ1v) is 6.72. The molecule has 92 valence electrons. The molecule has 2 aromatic rings. The molecule has 1 heterocycles. The second kappa shape index (κ2) is 5.67. The van der Waals surface area contributed by atoms with E-state index in [4.69, 9.17) is 11.6 Å². The summed E-state index contributed by atoms with van der Waals surface area (Å²) in [6.45, 7) is 1.85. The fourth-order valence-electron chi connectivity index (χ4n) is 1.45. The Balaban J connectivity index is 2.21. The van der Waals surface area contributed by atoms with Crippen molar-refractivity contribution in [3.63, 3.8) is 0 Å². The molecular formula is C13H10ClIN2O. The second-order valence-corrected chi connectivity index (χ2v) is 5.34. The van der Waals surface area contributed by atoms with Crippen molar-refractivity contribution in [2.45, 2.75) is 6.92 Å². The fourth-order valence-corrected chi connectivity index (χ4v) is 2.45. The van der Waals surface area contributed by atoms with Gasteiger partial charge in [0.05, 0.1) is 5.69 Å². The van der Waals surface area contributed by atoms with Gasteiger partial charge < -0.3 is 5.32 Å². The lowest BCUT2D eigenvalue weighted by Gasteiger charge is -2.07. The van der Waals surface area contributed by atoms with Crippen LogP contribution < -0.4 is 5.32 Å². The molecule has 0 aliphatic carbocycles. The maximum atomic E-state index is 12.0. The SMILES string of the molecule is Cc1cccc(C(=O)Nc2ccc(Cl)cc2I)n1. The van der Waals surface area contributed by atoms with Gasteiger partial charge in [0.2, 0.25) is 0 Å². The molecule has 3 nitrogen and oxygen atoms in total. The van der Waals surface area contributed by atoms with E-state index in [9.17, 15) is 4.79 Å². The van der Waals surface area contributed by atoms with Gasteiger partial charge in [-0.05, 0) is 59.8 Å². The number of hydrogen-bond donors (Lipinski definition) is 1. The smallest absolute Gasteiger partial charge is 0.274 e. The third-order valence-electron chi connectivity index (χ3n) is 2.30. The first-order valence-electron chi connectivity index (χ1n) is 5.26. The largest absolute Gasteiger partial charge is 0.320 e. The second-order valence-electron chi connectivity index (χ2n) is 3.74. The van der Waals surface area contributed by atoms with Crippen LogP contribution in [-0.2, 0) is 0 Å². The molecule has 0 bridgehead atoms. The third kappa shape index (κ3) is 3.20. The molecular weight excluding hydrogens is 363 g/mol. The van der Waals surface area contributed by atoms with Crippen molar-refractivity contribution in [3.05, 3.63) is 56.4 Å². The number of halogens is 2. The molecule has 2 rings (SSSR count). The third-order valence-corrected chi connectivity index (χ3v) is 3.43. The highest BCUT2D eigenvalue weighted by Gasteiger charge is 2.09. The van der Waals surface area contributed by atoms with E-state index < -0.39 is 0 Å². The van der Waals surface area contributed by atoms with Gasteiger partial charge in [0, 0.05) is 14.3 Å². The summed E-state index contributed by atoms with van der Waals surface area (Å²) in [4.78, 5) is 16.2. The molecule has 18 heavy (non-hydrogen) atoms. The van der Waals surface area contributed by atoms with Crippen LogP contribution in [0.4, 0.5) is 5.69 Å². The zero-order chi connectivity index (χ0) is 13.1. The van der Waals surface area contributed by atoms with Gasteiger partial charge in [0.1, 0.15) is 5.69 Å². The number of carbonyl (C=O) groups is 1. The Morgan fingerprint density at radius 1 is 1.33 bits per heavy atom. The van der Waals surface area contributed by atoms with Crippen LogP contribution in [0, 0.1) is 10.5 Å². The van der Waals surface area contributed by atoms with Crippen LogP contribution in [-0.4, -0.2) is 10.9 Å². The molecule has 0 radical (unpaired) electrons. The molecule has 0 saturated carbocycles. The molecule has 0 aliphatic heterocycles. The zero-order valence-corrected chi connectivity index (χ0v) is 12.5. The average molecular weight is 373 g/mol. The summed E-state index contributed by atoms with van der Waals surface area (Å²) in [6.07, 6.45) is 0. The number of hydrogen-bond acceptors (Lipinski definition) is 2. The lowest BCUT2D eigenvalue weighted by molar-refractivity contribution is 0.102. The van der Waals surface area contributed by atoms with E-state index in [2.05, 4.69) is 32.9 Å². The van der Waals surface area contributed by atoms with Gasteiger partial charge in [-0.3, -0.25) is 4.79 Å². The Morgan fingerprint density at radius 2 is 2.11 bits per heavy atom. The number of aromatic nitrogens is 1. The van der Waals surface area contributed by atoms with E-state index in [1.807, 2.05) is 19.1 Å². The normalized spacial score (nSPS) is 10.2. The van der Waals surface area contributed by atoms with Gasteiger partial charge in [-0.1, -0.05) is 17.7 Å². The highest BCUT2D eigenvalue weighted by atomic mass is 127. The number of benzene rings is 1. The Labute approximate surface area is 124 Å². The number of anilines is 1. The molecule has 1 amide bonds. The lowest BCUT2D eigenvalue weighted by Crippen LogP contribution is -2.14. The molecule has 5 heteroatoms. The fraction of sp³-hybridized carbons (Fsp3) is 0.0769. The Morgan fingerprint density at radius 3 is 2.78 bits per heavy atom. The molecule has 1 aromatic carbocycles. The van der Waals surface area contributed by atoms with Gasteiger partial charge in [-0.15, -0.1) is 0 Å². The summed E-state index contributed by atoms with van der Waals surface area (Å²) in [5.41, 5.74) is 1.95. The van der Waals surface area contributed by atoms with E-state index >= 15 is 0 Å². The van der Waals surface area contributed by atoms with Crippen molar-refractivity contribution in [2.75, 3.05) is 5.32 Å². The van der Waals surface area contributed by atoms with Crippen LogP contribution in [0.2, 0.25) is 5.02 Å². The quantitative estimate of drug-likeness (QED) is 0.813. The summed E-state index contributed by atoms with van der Waals surface area (Å²) in [7, 11) is 0. The van der Waals surface area contributed by atoms with E-state index in [-0.39, 0.29) is 5.91 Å². The number of nitrogens with one attached hydrogen (secondary N) is 1. The average Bonchev–Trinajstić information content (AvgIpc) is 2.32. The Hall–Kier alpha value is -1.14. The predicted molar refractivity (Wildman–Crippen MR) is 81.1 cm³/mol. The van der Waals surface area contributed by atoms with Crippen molar-refractivity contribution < 1.29 is 4.79 Å². The molecule has 0 spiro atoms. The number of aryl methyl sites for hydroxylation is 1. The van der Waals surface area contributed by atoms with Crippen molar-refractivity contribution in [2.24, 2.45) is 0 Å². The number of carbonyl (C=O) groups excluding carboxylic acids is 1. The Kier molecular flexibility index (Phi) is 4.19. The van der Waals surface area contributed by atoms with Gasteiger partial charge in [0.25, 0.3) is 5.91 Å². The molecule has 0 aliphatic rings. The molecule has 1 aromatic heterocycles. The van der Waals surface area contributed by atoms with Gasteiger partial charge >= 0.3 is 0 Å². The minimum Gasteiger partial charge on any atom is -0.320 e. The minimum atomic E-state index is -0.223. The molecule has 0 fully saturated rings. The molecule has 0 atom stereocenters. The minimum absolute atomic E-state index is 0.223. The van der Waals surface area contributed by atoms with Crippen molar-refractivity contribution in [1.82, 2.24) is 4.98 Å². The lowest BCUT2D eigenvalue weighted by atomic mass is 10.2. The van der Waals surface area contributed by atoms with Gasteiger partial charge in [-0.2, -0.15) is 0 Å². The van der Waals surface area contributed by atoms with Crippen LogP contribution in [0.25, 0.3) is 0 Å². The summed E-state index contributed by atoms with van der Waals surface area (Å²) in [6, 6.07) is 10.7. The van der Waals surface area contributed by atoms with Crippen molar-refractivity contribution >= 4 is 45.8 Å². The summed E-state index contributed by atoms with van der Waals surface area (Å²) in [5, 5.41) is 3.46. The van der Waals surface area contributed by atoms with Crippen molar-refractivity contribution in [1.29, 1.82) is 0 Å². The maximum absolute atomic E-state index is 12.0. The monoisotopic (exact) mass is 372 g/mol. The van der Waals surface area contributed by atoms with Crippen LogP contribution >= 0.6 is 34.2 Å². The Bertz CT molecular complexity index is 601. The number of rotatable bonds is 2. The standard InChI is InChI=1S/C13H10ClIN2O/c1-8-3-2-4-12(16-8)13(18)17-11-6-5-9(14)7-10(11)15/h2-7H,1H3,(H,17,18). The molecule has 0 unspecified atom stereocenters. The van der Waals surface area contributed by atoms with Gasteiger partial charge in [0.15, 0.2) is 0 Å². The zero-order valence-electron chi connectivity index (χ0n) is 9.58. The molecule has 0 saturated heterocycles. The van der Waals surface area contributed by atoms with Crippen LogP contribution in [0.1, 0.15) is 16.2 Å². The number of nitrogens with zero attached hydrogens (tertiary/aromatic N) is 1. The maximum Gasteiger partial charge on any atom is 0.274 e. The topological polar surface area (TPSA) is 42.0 Å². The highest BCUT2D eigenvalue weighted by molar-refractivity contribution is 14.1. The van der Waals surface area contributed by atoms with E-state index in [1.165, 1.54) is 0 Å².